The summed E-state index contributed by atoms with van der Waals surface area (Å²) in [6.45, 7) is 3.76. The molecule has 0 aromatic heterocycles. The van der Waals surface area contributed by atoms with E-state index in [1.165, 1.54) is 0 Å². The van der Waals surface area contributed by atoms with Crippen LogP contribution in [0.5, 0.6) is 0 Å². The van der Waals surface area contributed by atoms with Crippen LogP contribution < -0.4 is 22.5 Å². The Labute approximate surface area is 62.1 Å². The Hall–Kier alpha value is -0.160. The average molecular weight is 146 g/mol. The molecule has 0 aliphatic rings. The van der Waals surface area contributed by atoms with Crippen molar-refractivity contribution in [3.05, 3.63) is 0 Å². The van der Waals surface area contributed by atoms with Crippen molar-refractivity contribution in [1.29, 1.82) is 0 Å². The van der Waals surface area contributed by atoms with Crippen LogP contribution in [-0.2, 0) is 0 Å². The molecule has 62 valence electrons. The molecule has 7 N–H and O–H groups in total. The van der Waals surface area contributed by atoms with Crippen molar-refractivity contribution in [2.75, 3.05) is 19.6 Å². The van der Waals surface area contributed by atoms with Gasteiger partial charge in [-0.3, -0.25) is 5.32 Å². The number of hydrogen-bond donors (Lipinski definition) is 4. The van der Waals surface area contributed by atoms with E-state index in [2.05, 4.69) is 5.32 Å². The van der Waals surface area contributed by atoms with Crippen molar-refractivity contribution in [3.8, 4) is 0 Å². The van der Waals surface area contributed by atoms with Crippen LogP contribution in [0, 0.1) is 0 Å². The fourth-order valence-corrected chi connectivity index (χ4v) is 0.663. The SMILES string of the molecule is CCC(N)(CN)NCCN. The first-order valence-corrected chi connectivity index (χ1v) is 3.62. The predicted molar refractivity (Wildman–Crippen MR) is 43.3 cm³/mol. The highest BCUT2D eigenvalue weighted by Gasteiger charge is 2.17. The highest BCUT2D eigenvalue weighted by molar-refractivity contribution is 4.80. The molecule has 0 bridgehead atoms. The van der Waals surface area contributed by atoms with Crippen LogP contribution in [0.4, 0.5) is 0 Å². The van der Waals surface area contributed by atoms with Crippen LogP contribution >= 0.6 is 0 Å². The number of hydrogen-bond acceptors (Lipinski definition) is 4. The summed E-state index contributed by atoms with van der Waals surface area (Å²) in [6, 6.07) is 0. The Kier molecular flexibility index (Phi) is 4.55. The lowest BCUT2D eigenvalue weighted by Crippen LogP contribution is -2.59. The standard InChI is InChI=1S/C6H18N4/c1-2-6(9,5-8)10-4-3-7/h10H,2-5,7-9H2,1H3. The molecule has 0 amide bonds. The molecular formula is C6H18N4. The second-order valence-corrected chi connectivity index (χ2v) is 2.43. The monoisotopic (exact) mass is 146 g/mol. The first kappa shape index (κ1) is 9.84. The third-order valence-corrected chi connectivity index (χ3v) is 1.62. The van der Waals surface area contributed by atoms with Gasteiger partial charge in [-0.1, -0.05) is 6.92 Å². The molecule has 0 rings (SSSR count). The summed E-state index contributed by atoms with van der Waals surface area (Å²) < 4.78 is 0. The van der Waals surface area contributed by atoms with Gasteiger partial charge in [0.1, 0.15) is 0 Å². The van der Waals surface area contributed by atoms with Gasteiger partial charge in [0.05, 0.1) is 5.66 Å². The van der Waals surface area contributed by atoms with Gasteiger partial charge in [-0.2, -0.15) is 0 Å². The van der Waals surface area contributed by atoms with E-state index in [1.807, 2.05) is 6.92 Å². The maximum atomic E-state index is 5.79. The van der Waals surface area contributed by atoms with E-state index in [-0.39, 0.29) is 0 Å². The molecule has 0 spiro atoms. The van der Waals surface area contributed by atoms with Crippen molar-refractivity contribution in [2.45, 2.75) is 19.0 Å². The fraction of sp³-hybridized carbons (Fsp3) is 1.00. The molecule has 0 aromatic rings. The van der Waals surface area contributed by atoms with Gasteiger partial charge < -0.3 is 17.2 Å². The van der Waals surface area contributed by atoms with E-state index in [0.717, 1.165) is 13.0 Å². The minimum absolute atomic E-state index is 0.417. The summed E-state index contributed by atoms with van der Waals surface area (Å²) in [5, 5.41) is 3.07. The van der Waals surface area contributed by atoms with Gasteiger partial charge in [-0.05, 0) is 6.42 Å². The predicted octanol–water partition coefficient (Wildman–Crippen LogP) is -1.44. The Bertz CT molecular complexity index is 79.8. The molecule has 1 atom stereocenters. The fourth-order valence-electron chi connectivity index (χ4n) is 0.663. The van der Waals surface area contributed by atoms with E-state index < -0.39 is 5.66 Å². The molecule has 0 heterocycles. The highest BCUT2D eigenvalue weighted by atomic mass is 15.1. The van der Waals surface area contributed by atoms with Crippen molar-refractivity contribution in [2.24, 2.45) is 17.2 Å². The van der Waals surface area contributed by atoms with Gasteiger partial charge in [-0.25, -0.2) is 0 Å². The van der Waals surface area contributed by atoms with Crippen molar-refractivity contribution < 1.29 is 0 Å². The van der Waals surface area contributed by atoms with Gasteiger partial charge in [0.2, 0.25) is 0 Å². The maximum absolute atomic E-state index is 5.79. The molecule has 1 unspecified atom stereocenters. The van der Waals surface area contributed by atoms with E-state index in [1.54, 1.807) is 0 Å². The Morgan fingerprint density at radius 2 is 2.00 bits per heavy atom. The smallest absolute Gasteiger partial charge is 0.0785 e. The van der Waals surface area contributed by atoms with E-state index in [9.17, 15) is 0 Å². The second kappa shape index (κ2) is 4.62. The zero-order valence-electron chi connectivity index (χ0n) is 6.56. The molecule has 0 aliphatic heterocycles. The summed E-state index contributed by atoms with van der Waals surface area (Å²) in [5.41, 5.74) is 16.1. The van der Waals surface area contributed by atoms with Gasteiger partial charge in [-0.15, -0.1) is 0 Å². The van der Waals surface area contributed by atoms with E-state index >= 15 is 0 Å². The lowest BCUT2D eigenvalue weighted by molar-refractivity contribution is 0.337. The summed E-state index contributed by atoms with van der Waals surface area (Å²) in [7, 11) is 0. The molecule has 4 heteroatoms. The first-order chi connectivity index (χ1) is 4.68. The van der Waals surface area contributed by atoms with Gasteiger partial charge in [0, 0.05) is 19.6 Å². The van der Waals surface area contributed by atoms with Crippen LogP contribution in [0.3, 0.4) is 0 Å². The summed E-state index contributed by atoms with van der Waals surface area (Å²) in [4.78, 5) is 0. The zero-order valence-corrected chi connectivity index (χ0v) is 6.56. The largest absolute Gasteiger partial charge is 0.329 e. The molecule has 0 saturated heterocycles. The Morgan fingerprint density at radius 1 is 1.40 bits per heavy atom. The maximum Gasteiger partial charge on any atom is 0.0785 e. The summed E-state index contributed by atoms with van der Waals surface area (Å²) in [5.74, 6) is 0. The van der Waals surface area contributed by atoms with Gasteiger partial charge in [0.25, 0.3) is 0 Å². The van der Waals surface area contributed by atoms with Crippen LogP contribution in [0.25, 0.3) is 0 Å². The van der Waals surface area contributed by atoms with Crippen LogP contribution in [0.2, 0.25) is 0 Å². The van der Waals surface area contributed by atoms with E-state index in [0.29, 0.717) is 13.1 Å². The quantitative estimate of drug-likeness (QED) is 0.357. The summed E-state index contributed by atoms with van der Waals surface area (Å²) in [6.07, 6.45) is 0.823. The molecule has 0 aromatic carbocycles. The van der Waals surface area contributed by atoms with Crippen molar-refractivity contribution >= 4 is 0 Å². The van der Waals surface area contributed by atoms with E-state index in [4.69, 9.17) is 17.2 Å². The first-order valence-electron chi connectivity index (χ1n) is 3.62. The third-order valence-electron chi connectivity index (χ3n) is 1.62. The minimum Gasteiger partial charge on any atom is -0.329 e. The molecular weight excluding hydrogens is 128 g/mol. The zero-order chi connectivity index (χ0) is 8.04. The molecule has 0 saturated carbocycles. The number of nitrogens with two attached hydrogens (primary N) is 3. The number of rotatable bonds is 5. The Balaban J connectivity index is 3.58. The van der Waals surface area contributed by atoms with Crippen molar-refractivity contribution in [3.63, 3.8) is 0 Å². The third kappa shape index (κ3) is 3.12. The normalized spacial score (nSPS) is 16.8. The molecule has 10 heavy (non-hydrogen) atoms. The van der Waals surface area contributed by atoms with Crippen LogP contribution in [0.1, 0.15) is 13.3 Å². The minimum atomic E-state index is -0.417. The summed E-state index contributed by atoms with van der Waals surface area (Å²) >= 11 is 0. The Morgan fingerprint density at radius 3 is 2.30 bits per heavy atom. The molecule has 0 fully saturated rings. The van der Waals surface area contributed by atoms with Gasteiger partial charge >= 0.3 is 0 Å². The van der Waals surface area contributed by atoms with Gasteiger partial charge in [0.15, 0.2) is 0 Å². The highest BCUT2D eigenvalue weighted by Crippen LogP contribution is 1.96. The molecule has 0 radical (unpaired) electrons. The van der Waals surface area contributed by atoms with Crippen molar-refractivity contribution in [1.82, 2.24) is 5.32 Å². The lowest BCUT2D eigenvalue weighted by atomic mass is 10.1. The lowest BCUT2D eigenvalue weighted by Gasteiger charge is -2.27. The average Bonchev–Trinajstić information content (AvgIpc) is 2.00. The topological polar surface area (TPSA) is 90.1 Å². The second-order valence-electron chi connectivity index (χ2n) is 2.43. The molecule has 0 aliphatic carbocycles. The van der Waals surface area contributed by atoms with Crippen LogP contribution in [-0.4, -0.2) is 25.3 Å². The van der Waals surface area contributed by atoms with Crippen LogP contribution in [0.15, 0.2) is 0 Å². The molecule has 4 nitrogen and oxygen atoms in total. The number of nitrogens with one attached hydrogen (secondary N) is 1.